The Hall–Kier alpha value is -1.06. The third-order valence-electron chi connectivity index (χ3n) is 5.06. The van der Waals surface area contributed by atoms with E-state index in [1.54, 1.807) is 0 Å². The zero-order valence-electron chi connectivity index (χ0n) is 14.2. The van der Waals surface area contributed by atoms with Gasteiger partial charge in [0.25, 0.3) is 0 Å². The lowest BCUT2D eigenvalue weighted by molar-refractivity contribution is 0.0424. The van der Waals surface area contributed by atoms with E-state index in [0.29, 0.717) is 18.6 Å². The zero-order valence-corrected chi connectivity index (χ0v) is 14.2. The van der Waals surface area contributed by atoms with E-state index in [-0.39, 0.29) is 0 Å². The Morgan fingerprint density at radius 3 is 2.33 bits per heavy atom. The first-order valence-corrected chi connectivity index (χ1v) is 8.17. The Morgan fingerprint density at radius 1 is 1.19 bits per heavy atom. The van der Waals surface area contributed by atoms with Gasteiger partial charge < -0.3 is 10.6 Å². The SMILES string of the molecule is CC1CC(C)C(C)N(C(CN)c2ccc(N(C)C)cc2)C1. The summed E-state index contributed by atoms with van der Waals surface area (Å²) in [6.07, 6.45) is 1.33. The summed E-state index contributed by atoms with van der Waals surface area (Å²) in [4.78, 5) is 4.75. The highest BCUT2D eigenvalue weighted by atomic mass is 15.2. The van der Waals surface area contributed by atoms with E-state index >= 15 is 0 Å². The predicted molar refractivity (Wildman–Crippen MR) is 91.7 cm³/mol. The molecule has 0 saturated carbocycles. The van der Waals surface area contributed by atoms with Crippen molar-refractivity contribution in [3.63, 3.8) is 0 Å². The highest BCUT2D eigenvalue weighted by molar-refractivity contribution is 5.46. The zero-order chi connectivity index (χ0) is 15.6. The molecule has 0 aromatic heterocycles. The highest BCUT2D eigenvalue weighted by Gasteiger charge is 2.33. The molecule has 1 aromatic carbocycles. The molecule has 0 amide bonds. The number of piperidine rings is 1. The molecule has 1 aliphatic rings. The van der Waals surface area contributed by atoms with Crippen LogP contribution in [0.5, 0.6) is 0 Å². The monoisotopic (exact) mass is 289 g/mol. The summed E-state index contributed by atoms with van der Waals surface area (Å²) in [6.45, 7) is 8.93. The minimum Gasteiger partial charge on any atom is -0.378 e. The summed E-state index contributed by atoms with van der Waals surface area (Å²) in [6, 6.07) is 9.80. The lowest BCUT2D eigenvalue weighted by Gasteiger charge is -2.45. The maximum absolute atomic E-state index is 6.13. The lowest BCUT2D eigenvalue weighted by Crippen LogP contribution is -2.49. The first-order chi connectivity index (χ1) is 9.93. The molecule has 0 bridgehead atoms. The van der Waals surface area contributed by atoms with Gasteiger partial charge in [0.2, 0.25) is 0 Å². The van der Waals surface area contributed by atoms with Gasteiger partial charge in [0.15, 0.2) is 0 Å². The van der Waals surface area contributed by atoms with E-state index in [1.807, 2.05) is 0 Å². The number of hydrogen-bond donors (Lipinski definition) is 1. The Morgan fingerprint density at radius 2 is 1.81 bits per heavy atom. The molecule has 3 heteroatoms. The van der Waals surface area contributed by atoms with Crippen molar-refractivity contribution in [2.24, 2.45) is 17.6 Å². The van der Waals surface area contributed by atoms with Gasteiger partial charge in [-0.3, -0.25) is 4.90 Å². The second kappa shape index (κ2) is 6.80. The maximum Gasteiger partial charge on any atom is 0.0473 e. The Labute approximate surface area is 130 Å². The van der Waals surface area contributed by atoms with E-state index in [4.69, 9.17) is 5.73 Å². The van der Waals surface area contributed by atoms with Crippen molar-refractivity contribution in [2.75, 3.05) is 32.1 Å². The topological polar surface area (TPSA) is 32.5 Å². The Kier molecular flexibility index (Phi) is 5.28. The molecule has 0 aliphatic carbocycles. The fraction of sp³-hybridized carbons (Fsp3) is 0.667. The number of anilines is 1. The van der Waals surface area contributed by atoms with Crippen molar-refractivity contribution in [3.05, 3.63) is 29.8 Å². The standard InChI is InChI=1S/C18H31N3/c1-13-10-14(2)15(3)21(12-13)18(11-19)16-6-8-17(9-7-16)20(4)5/h6-9,13-15,18H,10-12,19H2,1-5H3. The number of nitrogens with zero attached hydrogens (tertiary/aromatic N) is 2. The maximum atomic E-state index is 6.13. The van der Waals surface area contributed by atoms with Crippen molar-refractivity contribution >= 4 is 5.69 Å². The number of rotatable bonds is 4. The number of benzene rings is 1. The smallest absolute Gasteiger partial charge is 0.0473 e. The molecule has 0 radical (unpaired) electrons. The van der Waals surface area contributed by atoms with E-state index < -0.39 is 0 Å². The van der Waals surface area contributed by atoms with Crippen LogP contribution in [0.25, 0.3) is 0 Å². The van der Waals surface area contributed by atoms with Crippen LogP contribution in [0.15, 0.2) is 24.3 Å². The Bertz CT molecular complexity index is 440. The molecule has 2 rings (SSSR count). The molecule has 118 valence electrons. The third kappa shape index (κ3) is 3.58. The van der Waals surface area contributed by atoms with Gasteiger partial charge in [-0.25, -0.2) is 0 Å². The fourth-order valence-electron chi connectivity index (χ4n) is 3.63. The minimum absolute atomic E-state index is 0.335. The van der Waals surface area contributed by atoms with Crippen LogP contribution in [0.3, 0.4) is 0 Å². The molecular formula is C18H31N3. The van der Waals surface area contributed by atoms with Gasteiger partial charge in [0, 0.05) is 45.0 Å². The van der Waals surface area contributed by atoms with Crippen molar-refractivity contribution < 1.29 is 0 Å². The van der Waals surface area contributed by atoms with Gasteiger partial charge in [0.1, 0.15) is 0 Å². The van der Waals surface area contributed by atoms with E-state index in [0.717, 1.165) is 18.4 Å². The Balaban J connectivity index is 2.21. The lowest BCUT2D eigenvalue weighted by atomic mass is 9.84. The van der Waals surface area contributed by atoms with Crippen molar-refractivity contribution in [2.45, 2.75) is 39.3 Å². The summed E-state index contributed by atoms with van der Waals surface area (Å²) in [5, 5.41) is 0. The quantitative estimate of drug-likeness (QED) is 0.924. The van der Waals surface area contributed by atoms with Gasteiger partial charge in [-0.1, -0.05) is 26.0 Å². The van der Waals surface area contributed by atoms with Gasteiger partial charge in [-0.2, -0.15) is 0 Å². The summed E-state index contributed by atoms with van der Waals surface area (Å²) < 4.78 is 0. The molecule has 0 spiro atoms. The van der Waals surface area contributed by atoms with E-state index in [2.05, 4.69) is 68.9 Å². The van der Waals surface area contributed by atoms with Crippen LogP contribution in [-0.4, -0.2) is 38.1 Å². The third-order valence-corrected chi connectivity index (χ3v) is 5.06. The molecule has 1 heterocycles. The van der Waals surface area contributed by atoms with Crippen molar-refractivity contribution in [3.8, 4) is 0 Å². The summed E-state index contributed by atoms with van der Waals surface area (Å²) >= 11 is 0. The van der Waals surface area contributed by atoms with E-state index in [1.165, 1.54) is 17.7 Å². The van der Waals surface area contributed by atoms with Crippen molar-refractivity contribution in [1.82, 2.24) is 4.90 Å². The van der Waals surface area contributed by atoms with Gasteiger partial charge in [-0.15, -0.1) is 0 Å². The van der Waals surface area contributed by atoms with Crippen LogP contribution in [0.4, 0.5) is 5.69 Å². The van der Waals surface area contributed by atoms with Crippen LogP contribution < -0.4 is 10.6 Å². The second-order valence-electron chi connectivity index (χ2n) is 6.99. The minimum atomic E-state index is 0.335. The molecule has 1 aliphatic heterocycles. The molecule has 4 unspecified atom stereocenters. The van der Waals surface area contributed by atoms with Crippen LogP contribution >= 0.6 is 0 Å². The normalized spacial score (nSPS) is 28.4. The average Bonchev–Trinajstić information content (AvgIpc) is 2.45. The fourth-order valence-corrected chi connectivity index (χ4v) is 3.63. The predicted octanol–water partition coefficient (Wildman–Crippen LogP) is 3.12. The first kappa shape index (κ1) is 16.3. The molecular weight excluding hydrogens is 258 g/mol. The highest BCUT2D eigenvalue weighted by Crippen LogP contribution is 2.33. The molecule has 2 N–H and O–H groups in total. The second-order valence-corrected chi connectivity index (χ2v) is 6.99. The number of nitrogens with two attached hydrogens (primary N) is 1. The molecule has 1 saturated heterocycles. The summed E-state index contributed by atoms with van der Waals surface area (Å²) in [7, 11) is 4.15. The van der Waals surface area contributed by atoms with Gasteiger partial charge in [-0.05, 0) is 42.9 Å². The van der Waals surface area contributed by atoms with Crippen LogP contribution in [-0.2, 0) is 0 Å². The van der Waals surface area contributed by atoms with Crippen LogP contribution in [0.1, 0.15) is 38.8 Å². The average molecular weight is 289 g/mol. The van der Waals surface area contributed by atoms with Crippen molar-refractivity contribution in [1.29, 1.82) is 0 Å². The molecule has 1 aromatic rings. The largest absolute Gasteiger partial charge is 0.378 e. The molecule has 3 nitrogen and oxygen atoms in total. The molecule has 1 fully saturated rings. The molecule has 4 atom stereocenters. The van der Waals surface area contributed by atoms with Crippen LogP contribution in [0, 0.1) is 11.8 Å². The van der Waals surface area contributed by atoms with Gasteiger partial charge in [0.05, 0.1) is 0 Å². The van der Waals surface area contributed by atoms with Gasteiger partial charge >= 0.3 is 0 Å². The first-order valence-electron chi connectivity index (χ1n) is 8.17. The molecule has 21 heavy (non-hydrogen) atoms. The number of likely N-dealkylation sites (tertiary alicyclic amines) is 1. The van der Waals surface area contributed by atoms with E-state index in [9.17, 15) is 0 Å². The number of hydrogen-bond acceptors (Lipinski definition) is 3. The summed E-state index contributed by atoms with van der Waals surface area (Å²) in [5.74, 6) is 1.50. The summed E-state index contributed by atoms with van der Waals surface area (Å²) in [5.41, 5.74) is 8.72. The van der Waals surface area contributed by atoms with Crippen LogP contribution in [0.2, 0.25) is 0 Å².